The lowest BCUT2D eigenvalue weighted by Gasteiger charge is -2.07. The van der Waals surface area contributed by atoms with E-state index in [9.17, 15) is 0 Å². The van der Waals surface area contributed by atoms with Crippen molar-refractivity contribution in [3.63, 3.8) is 0 Å². The molecule has 0 aromatic heterocycles. The minimum absolute atomic E-state index is 0.367. The Labute approximate surface area is 223 Å². The first kappa shape index (κ1) is 34.0. The van der Waals surface area contributed by atoms with Gasteiger partial charge in [-0.05, 0) is 12.5 Å². The monoisotopic (exact) mass is 542 g/mol. The van der Waals surface area contributed by atoms with Crippen LogP contribution < -0.4 is 0 Å². The van der Waals surface area contributed by atoms with Crippen molar-refractivity contribution in [3.05, 3.63) is 0 Å². The molecule has 0 bridgehead atoms. The van der Waals surface area contributed by atoms with Gasteiger partial charge in [0.2, 0.25) is 0 Å². The summed E-state index contributed by atoms with van der Waals surface area (Å²) in [7, 11) is 0. The van der Waals surface area contributed by atoms with Crippen LogP contribution in [-0.4, -0.2) is 17.7 Å². The smallest absolute Gasteiger partial charge is 0.341 e. The highest BCUT2D eigenvalue weighted by atomic mass is 35.8. The Morgan fingerprint density at radius 3 is 0.667 bits per heavy atom. The molecular weight excluding hydrogens is 487 g/mol. The highest BCUT2D eigenvalue weighted by Gasteiger charge is 2.23. The Morgan fingerprint density at radius 2 is 0.485 bits per heavy atom. The van der Waals surface area contributed by atoms with E-state index in [1.165, 1.54) is 154 Å². The maximum atomic E-state index is 8.76. The number of unbranched alkanes of at least 4 members (excludes halogenated alkanes) is 25. The molecule has 0 amide bonds. The third kappa shape index (κ3) is 33.0. The fourth-order valence-corrected chi connectivity index (χ4v) is 6.53. The summed E-state index contributed by atoms with van der Waals surface area (Å²) in [6, 6.07) is -1.54. The van der Waals surface area contributed by atoms with E-state index in [0.717, 1.165) is 18.9 Å². The number of rotatable bonds is 28. The van der Waals surface area contributed by atoms with Crippen LogP contribution in [0.15, 0.2) is 0 Å². The van der Waals surface area contributed by atoms with Gasteiger partial charge in [0.1, 0.15) is 0 Å². The molecule has 0 unspecified atom stereocenters. The third-order valence-electron chi connectivity index (χ3n) is 6.87. The standard InChI is InChI=1S/C28H57Cl3OSi/c29-33(30,31)28-26-24-22-20-18-16-14-12-10-8-6-4-2-1-3-5-7-9-11-13-15-17-19-21-23-25-27-32/h32H,1-28H2. The van der Waals surface area contributed by atoms with Crippen molar-refractivity contribution in [2.75, 3.05) is 6.61 Å². The average Bonchev–Trinajstić information content (AvgIpc) is 2.78. The van der Waals surface area contributed by atoms with Crippen LogP contribution in [-0.2, 0) is 0 Å². The van der Waals surface area contributed by atoms with Gasteiger partial charge < -0.3 is 5.11 Å². The van der Waals surface area contributed by atoms with Gasteiger partial charge in [0.15, 0.2) is 0 Å². The largest absolute Gasteiger partial charge is 0.396 e. The van der Waals surface area contributed by atoms with Crippen LogP contribution in [0.4, 0.5) is 0 Å². The van der Waals surface area contributed by atoms with Gasteiger partial charge in [-0.3, -0.25) is 0 Å². The van der Waals surface area contributed by atoms with E-state index >= 15 is 0 Å². The molecule has 0 heterocycles. The molecular formula is C28H57Cl3OSi. The molecule has 0 radical (unpaired) electrons. The van der Waals surface area contributed by atoms with Gasteiger partial charge in [0.25, 0.3) is 0 Å². The minimum atomic E-state index is -2.37. The molecule has 0 aliphatic carbocycles. The second-order valence-electron chi connectivity index (χ2n) is 10.3. The summed E-state index contributed by atoms with van der Waals surface area (Å²) < 4.78 is 0. The van der Waals surface area contributed by atoms with Gasteiger partial charge in [0.05, 0.1) is 0 Å². The lowest BCUT2D eigenvalue weighted by Crippen LogP contribution is -2.07. The van der Waals surface area contributed by atoms with Crippen molar-refractivity contribution < 1.29 is 5.11 Å². The lowest BCUT2D eigenvalue weighted by molar-refractivity contribution is 0.282. The molecule has 0 aromatic carbocycles. The second-order valence-corrected chi connectivity index (χ2v) is 19.6. The van der Waals surface area contributed by atoms with Gasteiger partial charge >= 0.3 is 6.00 Å². The van der Waals surface area contributed by atoms with E-state index in [-0.39, 0.29) is 0 Å². The minimum Gasteiger partial charge on any atom is -0.396 e. The molecule has 0 atom stereocenters. The third-order valence-corrected chi connectivity index (χ3v) is 9.49. The molecule has 1 nitrogen and oxygen atoms in total. The summed E-state index contributed by atoms with van der Waals surface area (Å²) in [4.78, 5) is 0. The zero-order valence-electron chi connectivity index (χ0n) is 21.9. The number of halogens is 3. The normalized spacial score (nSPS) is 12.0. The van der Waals surface area contributed by atoms with E-state index in [4.69, 9.17) is 38.3 Å². The molecule has 0 aromatic rings. The van der Waals surface area contributed by atoms with Crippen molar-refractivity contribution in [2.24, 2.45) is 0 Å². The van der Waals surface area contributed by atoms with Crippen LogP contribution >= 0.6 is 33.2 Å². The van der Waals surface area contributed by atoms with Crippen LogP contribution in [0.3, 0.4) is 0 Å². The highest BCUT2D eigenvalue weighted by Crippen LogP contribution is 2.27. The Morgan fingerprint density at radius 1 is 0.303 bits per heavy atom. The Hall–Kier alpha value is 1.05. The fourth-order valence-electron chi connectivity index (χ4n) is 4.68. The summed E-state index contributed by atoms with van der Waals surface area (Å²) in [6.45, 7) is 0.367. The molecule has 0 rings (SSSR count). The topological polar surface area (TPSA) is 20.2 Å². The van der Waals surface area contributed by atoms with Gasteiger partial charge in [0, 0.05) is 6.61 Å². The summed E-state index contributed by atoms with van der Waals surface area (Å²) in [5, 5.41) is 8.76. The Balaban J connectivity index is 3.03. The zero-order chi connectivity index (χ0) is 24.3. The van der Waals surface area contributed by atoms with Gasteiger partial charge in [-0.2, -0.15) is 0 Å². The fraction of sp³-hybridized carbons (Fsp3) is 1.00. The number of aliphatic hydroxyl groups excluding tert-OH is 1. The van der Waals surface area contributed by atoms with Gasteiger partial charge in [-0.25, -0.2) is 0 Å². The van der Waals surface area contributed by atoms with Crippen LogP contribution in [0, 0.1) is 0 Å². The maximum absolute atomic E-state index is 8.76. The second kappa shape index (κ2) is 27.6. The first-order valence-electron chi connectivity index (χ1n) is 14.7. The van der Waals surface area contributed by atoms with Crippen LogP contribution in [0.1, 0.15) is 167 Å². The number of aliphatic hydroxyl groups is 1. The summed E-state index contributed by atoms with van der Waals surface area (Å²) >= 11 is 17.7. The molecule has 33 heavy (non-hydrogen) atoms. The molecule has 200 valence electrons. The summed E-state index contributed by atoms with van der Waals surface area (Å²) in [5.74, 6) is 0. The van der Waals surface area contributed by atoms with E-state index < -0.39 is 6.00 Å². The zero-order valence-corrected chi connectivity index (χ0v) is 25.1. The van der Waals surface area contributed by atoms with Crippen LogP contribution in [0.5, 0.6) is 0 Å². The quantitative estimate of drug-likeness (QED) is 0.0590. The molecule has 0 fully saturated rings. The molecule has 5 heteroatoms. The molecule has 0 saturated heterocycles. The summed E-state index contributed by atoms with van der Waals surface area (Å²) in [6.07, 6.45) is 35.7. The SMILES string of the molecule is OCCCCCCCCCCCCCCCCCCCCCCCCCCCC[Si](Cl)(Cl)Cl. The van der Waals surface area contributed by atoms with Crippen molar-refractivity contribution in [1.82, 2.24) is 0 Å². The first-order valence-corrected chi connectivity index (χ1v) is 20.0. The predicted octanol–water partition coefficient (Wildman–Crippen LogP) is 11.8. The number of hydrogen-bond acceptors (Lipinski definition) is 1. The van der Waals surface area contributed by atoms with E-state index in [1.54, 1.807) is 0 Å². The maximum Gasteiger partial charge on any atom is 0.341 e. The van der Waals surface area contributed by atoms with E-state index in [2.05, 4.69) is 0 Å². The molecule has 0 spiro atoms. The highest BCUT2D eigenvalue weighted by molar-refractivity contribution is 7.64. The predicted molar refractivity (Wildman–Crippen MR) is 155 cm³/mol. The molecule has 0 saturated carbocycles. The lowest BCUT2D eigenvalue weighted by atomic mass is 10.0. The molecule has 0 aliphatic heterocycles. The van der Waals surface area contributed by atoms with E-state index in [1.807, 2.05) is 0 Å². The number of hydrogen-bond donors (Lipinski definition) is 1. The van der Waals surface area contributed by atoms with Crippen LogP contribution in [0.2, 0.25) is 6.04 Å². The van der Waals surface area contributed by atoms with Gasteiger partial charge in [-0.1, -0.05) is 161 Å². The Kier molecular flexibility index (Phi) is 28.5. The van der Waals surface area contributed by atoms with Crippen LogP contribution in [0.25, 0.3) is 0 Å². The molecule has 0 aliphatic rings. The van der Waals surface area contributed by atoms with Crippen molar-refractivity contribution in [2.45, 2.75) is 173 Å². The summed E-state index contributed by atoms with van der Waals surface area (Å²) in [5.41, 5.74) is 0. The van der Waals surface area contributed by atoms with Crippen molar-refractivity contribution in [1.29, 1.82) is 0 Å². The average molecular weight is 544 g/mol. The molecule has 1 N–H and O–H groups in total. The van der Waals surface area contributed by atoms with Crippen molar-refractivity contribution in [3.8, 4) is 0 Å². The van der Waals surface area contributed by atoms with Crippen molar-refractivity contribution >= 4 is 39.2 Å². The first-order chi connectivity index (χ1) is 16.1. The Bertz CT molecular complexity index is 364. The van der Waals surface area contributed by atoms with E-state index in [0.29, 0.717) is 6.61 Å². The van der Waals surface area contributed by atoms with Gasteiger partial charge in [-0.15, -0.1) is 33.2 Å².